The molecule has 1 saturated heterocycles. The zero-order chi connectivity index (χ0) is 23.4. The molecule has 2 aromatic heterocycles. The van der Waals surface area contributed by atoms with Gasteiger partial charge in [-0.25, -0.2) is 14.5 Å². The number of urea groups is 1. The molecule has 12 nitrogen and oxygen atoms in total. The van der Waals surface area contributed by atoms with Crippen LogP contribution in [0, 0.1) is 0 Å². The van der Waals surface area contributed by atoms with E-state index >= 15 is 0 Å². The van der Waals surface area contributed by atoms with Gasteiger partial charge in [-0.05, 0) is 18.6 Å². The first-order chi connectivity index (χ1) is 16.0. The Balaban J connectivity index is 1.69. The number of nitrogens with one attached hydrogen (secondary N) is 3. The number of rotatable bonds is 7. The maximum atomic E-state index is 12.4. The fourth-order valence-electron chi connectivity index (χ4n) is 3.20. The molecule has 0 atom stereocenters. The van der Waals surface area contributed by atoms with Crippen molar-refractivity contribution in [2.45, 2.75) is 6.42 Å². The number of ether oxygens (including phenoxy) is 1. The summed E-state index contributed by atoms with van der Waals surface area (Å²) in [6.45, 7) is 5.06. The minimum absolute atomic E-state index is 0.0564. The van der Waals surface area contributed by atoms with Crippen molar-refractivity contribution in [3.63, 3.8) is 0 Å². The molecule has 0 unspecified atom stereocenters. The molecule has 12 heteroatoms. The number of amides is 3. The molecule has 3 aromatic rings. The Hall–Kier alpha value is -4.48. The summed E-state index contributed by atoms with van der Waals surface area (Å²) in [6.07, 6.45) is 4.03. The number of anilines is 3. The van der Waals surface area contributed by atoms with E-state index in [1.165, 1.54) is 31.4 Å². The minimum atomic E-state index is -0.438. The second kappa shape index (κ2) is 9.34. The Bertz CT molecular complexity index is 1200. The fraction of sp³-hybridized carbons (Fsp3) is 0.238. The zero-order valence-corrected chi connectivity index (χ0v) is 18.2. The van der Waals surface area contributed by atoms with E-state index in [0.717, 1.165) is 6.42 Å². The van der Waals surface area contributed by atoms with Crippen molar-refractivity contribution in [1.82, 2.24) is 35.2 Å². The van der Waals surface area contributed by atoms with E-state index in [1.54, 1.807) is 23.1 Å². The molecule has 0 radical (unpaired) electrons. The summed E-state index contributed by atoms with van der Waals surface area (Å²) < 4.78 is 7.12. The first-order valence-corrected chi connectivity index (χ1v) is 10.2. The third-order valence-electron chi connectivity index (χ3n) is 5.04. The van der Waals surface area contributed by atoms with Crippen LogP contribution in [0.15, 0.2) is 37.2 Å². The number of carbonyl (C=O) groups excluding carboxylic acids is 2. The molecule has 3 N–H and O–H groups in total. The molecule has 0 spiro atoms. The lowest BCUT2D eigenvalue weighted by Crippen LogP contribution is -2.44. The van der Waals surface area contributed by atoms with Crippen molar-refractivity contribution in [3.8, 4) is 17.1 Å². The fourth-order valence-corrected chi connectivity index (χ4v) is 3.20. The lowest BCUT2D eigenvalue weighted by Gasteiger charge is -2.30. The van der Waals surface area contributed by atoms with Crippen LogP contribution in [0.3, 0.4) is 0 Å². The molecule has 0 bridgehead atoms. The SMILES string of the molecule is C=Cn1cnc(-c2cccc(Nc3cc(NC(=O)N4CCC4)nnc3C(=O)NC)c2OC)n1. The van der Waals surface area contributed by atoms with Gasteiger partial charge in [-0.3, -0.25) is 10.1 Å². The highest BCUT2D eigenvalue weighted by molar-refractivity contribution is 5.99. The van der Waals surface area contributed by atoms with Crippen LogP contribution < -0.4 is 20.7 Å². The lowest BCUT2D eigenvalue weighted by molar-refractivity contribution is 0.0958. The Morgan fingerprint density at radius 1 is 1.21 bits per heavy atom. The van der Waals surface area contributed by atoms with Gasteiger partial charge in [-0.2, -0.15) is 0 Å². The van der Waals surface area contributed by atoms with Crippen LogP contribution in [0.2, 0.25) is 0 Å². The Morgan fingerprint density at radius 2 is 2.03 bits per heavy atom. The summed E-state index contributed by atoms with van der Waals surface area (Å²) in [7, 11) is 3.02. The summed E-state index contributed by atoms with van der Waals surface area (Å²) in [5.41, 5.74) is 1.57. The summed E-state index contributed by atoms with van der Waals surface area (Å²) in [4.78, 5) is 30.6. The molecular formula is C21H23N9O3. The van der Waals surface area contributed by atoms with Crippen molar-refractivity contribution in [2.24, 2.45) is 0 Å². The van der Waals surface area contributed by atoms with Crippen molar-refractivity contribution >= 4 is 35.3 Å². The number of likely N-dealkylation sites (tertiary alicyclic amines) is 1. The molecule has 1 aliphatic rings. The van der Waals surface area contributed by atoms with Gasteiger partial charge in [0.25, 0.3) is 5.91 Å². The van der Waals surface area contributed by atoms with Gasteiger partial charge in [-0.15, -0.1) is 15.3 Å². The standard InChI is InChI=1S/C21H23N9O3/c1-4-30-12-23-19(28-30)13-7-5-8-14(18(13)33-3)24-15-11-16(25-21(32)29-9-6-10-29)26-27-17(15)20(31)22-2/h4-5,7-8,11-12H,1,6,9-10H2,2-3H3,(H,22,31)(H2,24,25,26,32). The number of nitrogens with zero attached hydrogens (tertiary/aromatic N) is 6. The summed E-state index contributed by atoms with van der Waals surface area (Å²) in [6, 6.07) is 6.68. The topological polar surface area (TPSA) is 139 Å². The van der Waals surface area contributed by atoms with E-state index in [1.807, 2.05) is 6.07 Å². The second-order valence-electron chi connectivity index (χ2n) is 7.08. The number of carbonyl (C=O) groups is 2. The molecule has 1 fully saturated rings. The van der Waals surface area contributed by atoms with Crippen LogP contribution in [0.5, 0.6) is 5.75 Å². The van der Waals surface area contributed by atoms with Gasteiger partial charge in [0.1, 0.15) is 6.33 Å². The van der Waals surface area contributed by atoms with Gasteiger partial charge < -0.3 is 20.3 Å². The van der Waals surface area contributed by atoms with Gasteiger partial charge in [0.15, 0.2) is 23.1 Å². The summed E-state index contributed by atoms with van der Waals surface area (Å²) in [5, 5.41) is 20.7. The number of para-hydroxylation sites is 1. The van der Waals surface area contributed by atoms with E-state index in [0.29, 0.717) is 41.6 Å². The third kappa shape index (κ3) is 4.44. The number of benzene rings is 1. The van der Waals surface area contributed by atoms with Gasteiger partial charge in [0.05, 0.1) is 24.0 Å². The molecule has 3 heterocycles. The predicted molar refractivity (Wildman–Crippen MR) is 122 cm³/mol. The maximum Gasteiger partial charge on any atom is 0.323 e. The quantitative estimate of drug-likeness (QED) is 0.499. The van der Waals surface area contributed by atoms with E-state index in [2.05, 4.69) is 42.8 Å². The van der Waals surface area contributed by atoms with Crippen molar-refractivity contribution < 1.29 is 14.3 Å². The third-order valence-corrected chi connectivity index (χ3v) is 5.04. The first kappa shape index (κ1) is 21.7. The van der Waals surface area contributed by atoms with Crippen LogP contribution in [-0.2, 0) is 0 Å². The Labute approximate surface area is 189 Å². The molecule has 33 heavy (non-hydrogen) atoms. The molecule has 1 aliphatic heterocycles. The molecule has 1 aromatic carbocycles. The van der Waals surface area contributed by atoms with E-state index in [9.17, 15) is 9.59 Å². The summed E-state index contributed by atoms with van der Waals surface area (Å²) >= 11 is 0. The normalized spacial score (nSPS) is 12.5. The van der Waals surface area contributed by atoms with E-state index < -0.39 is 5.91 Å². The highest BCUT2D eigenvalue weighted by Crippen LogP contribution is 2.37. The highest BCUT2D eigenvalue weighted by Gasteiger charge is 2.22. The van der Waals surface area contributed by atoms with Crippen molar-refractivity contribution in [1.29, 1.82) is 0 Å². The van der Waals surface area contributed by atoms with E-state index in [4.69, 9.17) is 4.74 Å². The number of hydrogen-bond donors (Lipinski definition) is 3. The molecule has 3 amide bonds. The zero-order valence-electron chi connectivity index (χ0n) is 18.2. The number of aromatic nitrogens is 5. The first-order valence-electron chi connectivity index (χ1n) is 10.2. The lowest BCUT2D eigenvalue weighted by atomic mass is 10.1. The second-order valence-corrected chi connectivity index (χ2v) is 7.08. The average Bonchev–Trinajstić information content (AvgIpc) is 3.26. The van der Waals surface area contributed by atoms with Gasteiger partial charge >= 0.3 is 6.03 Å². The highest BCUT2D eigenvalue weighted by atomic mass is 16.5. The smallest absolute Gasteiger partial charge is 0.323 e. The monoisotopic (exact) mass is 449 g/mol. The van der Waals surface area contributed by atoms with Crippen LogP contribution in [0.4, 0.5) is 22.0 Å². The molecular weight excluding hydrogens is 426 g/mol. The maximum absolute atomic E-state index is 12.4. The van der Waals surface area contributed by atoms with Crippen LogP contribution in [0.25, 0.3) is 17.6 Å². The van der Waals surface area contributed by atoms with E-state index in [-0.39, 0.29) is 17.5 Å². The largest absolute Gasteiger partial charge is 0.494 e. The minimum Gasteiger partial charge on any atom is -0.494 e. The van der Waals surface area contributed by atoms with Crippen molar-refractivity contribution in [3.05, 3.63) is 42.9 Å². The summed E-state index contributed by atoms with van der Waals surface area (Å²) in [5.74, 6) is 0.679. The Morgan fingerprint density at radius 3 is 2.67 bits per heavy atom. The van der Waals surface area contributed by atoms with Gasteiger partial charge in [0, 0.05) is 32.4 Å². The predicted octanol–water partition coefficient (Wildman–Crippen LogP) is 2.18. The van der Waals surface area contributed by atoms with Crippen LogP contribution in [0.1, 0.15) is 16.9 Å². The van der Waals surface area contributed by atoms with Gasteiger partial charge in [0.2, 0.25) is 0 Å². The number of methoxy groups -OCH3 is 1. The van der Waals surface area contributed by atoms with Crippen LogP contribution in [-0.4, -0.2) is 69.0 Å². The molecule has 4 rings (SSSR count). The Kier molecular flexibility index (Phi) is 6.15. The average molecular weight is 449 g/mol. The van der Waals surface area contributed by atoms with Crippen LogP contribution >= 0.6 is 0 Å². The van der Waals surface area contributed by atoms with Crippen molar-refractivity contribution in [2.75, 3.05) is 37.9 Å². The number of hydrogen-bond acceptors (Lipinski definition) is 8. The molecule has 0 aliphatic carbocycles. The molecule has 170 valence electrons. The van der Waals surface area contributed by atoms with Gasteiger partial charge in [-0.1, -0.05) is 12.6 Å². The molecule has 0 saturated carbocycles.